The molecule has 0 aliphatic heterocycles. The first-order valence-corrected chi connectivity index (χ1v) is 8.06. The van der Waals surface area contributed by atoms with E-state index < -0.39 is 6.10 Å². The summed E-state index contributed by atoms with van der Waals surface area (Å²) in [6.07, 6.45) is -0.477. The fourth-order valence-corrected chi connectivity index (χ4v) is 4.07. The maximum Gasteiger partial charge on any atom is 0.208 e. The van der Waals surface area contributed by atoms with Crippen LogP contribution in [0.3, 0.4) is 0 Å². The van der Waals surface area contributed by atoms with Crippen LogP contribution in [0.2, 0.25) is 0 Å². The second-order valence-corrected chi connectivity index (χ2v) is 7.34. The van der Waals surface area contributed by atoms with Gasteiger partial charge < -0.3 is 10.0 Å². The van der Waals surface area contributed by atoms with Crippen LogP contribution >= 0.6 is 39.0 Å². The molecule has 2 rings (SSSR count). The molecule has 1 atom stereocenters. The van der Waals surface area contributed by atoms with E-state index >= 15 is 0 Å². The first-order chi connectivity index (χ1) is 8.97. The standard InChI is InChI=1S/C12H14BrN3OS2/c1-7(17)9-5-4-8(6-10(9)13)18-12-15-14-11(19-12)16(2)3/h4-7,17H,1-3H3. The van der Waals surface area contributed by atoms with Crippen LogP contribution in [-0.4, -0.2) is 29.4 Å². The van der Waals surface area contributed by atoms with Gasteiger partial charge in [0.1, 0.15) is 0 Å². The molecule has 0 amide bonds. The average Bonchev–Trinajstić information content (AvgIpc) is 2.77. The molecule has 0 fully saturated rings. The van der Waals surface area contributed by atoms with Crippen molar-refractivity contribution < 1.29 is 5.11 Å². The number of halogens is 1. The Morgan fingerprint density at radius 1 is 1.37 bits per heavy atom. The minimum Gasteiger partial charge on any atom is -0.389 e. The summed E-state index contributed by atoms with van der Waals surface area (Å²) < 4.78 is 1.81. The molecule has 0 aliphatic carbocycles. The summed E-state index contributed by atoms with van der Waals surface area (Å²) in [4.78, 5) is 3.01. The summed E-state index contributed by atoms with van der Waals surface area (Å²) in [7, 11) is 3.89. The Balaban J connectivity index is 2.16. The number of nitrogens with zero attached hydrogens (tertiary/aromatic N) is 3. The highest BCUT2D eigenvalue weighted by Crippen LogP contribution is 2.35. The molecule has 0 bridgehead atoms. The number of rotatable bonds is 4. The molecule has 7 heteroatoms. The lowest BCUT2D eigenvalue weighted by molar-refractivity contribution is 0.198. The van der Waals surface area contributed by atoms with E-state index in [1.165, 1.54) is 0 Å². The van der Waals surface area contributed by atoms with E-state index in [9.17, 15) is 5.11 Å². The van der Waals surface area contributed by atoms with Crippen LogP contribution < -0.4 is 4.90 Å². The second kappa shape index (κ2) is 6.21. The molecule has 0 saturated heterocycles. The van der Waals surface area contributed by atoms with Gasteiger partial charge in [-0.15, -0.1) is 10.2 Å². The summed E-state index contributed by atoms with van der Waals surface area (Å²) in [6, 6.07) is 5.89. The summed E-state index contributed by atoms with van der Waals surface area (Å²) in [6.45, 7) is 1.75. The first kappa shape index (κ1) is 14.8. The highest BCUT2D eigenvalue weighted by Gasteiger charge is 2.10. The normalized spacial score (nSPS) is 12.5. The fourth-order valence-electron chi connectivity index (χ4n) is 1.44. The number of benzene rings is 1. The van der Waals surface area contributed by atoms with E-state index in [1.807, 2.05) is 37.2 Å². The van der Waals surface area contributed by atoms with Crippen molar-refractivity contribution in [2.75, 3.05) is 19.0 Å². The minimum absolute atomic E-state index is 0.477. The number of aliphatic hydroxyl groups excluding tert-OH is 1. The zero-order chi connectivity index (χ0) is 14.0. The van der Waals surface area contributed by atoms with Gasteiger partial charge in [-0.2, -0.15) is 0 Å². The minimum atomic E-state index is -0.477. The molecule has 1 N–H and O–H groups in total. The van der Waals surface area contributed by atoms with E-state index in [0.717, 1.165) is 24.4 Å². The van der Waals surface area contributed by atoms with Gasteiger partial charge in [-0.25, -0.2) is 0 Å². The smallest absolute Gasteiger partial charge is 0.208 e. The molecule has 0 radical (unpaired) electrons. The molecule has 0 aliphatic rings. The summed E-state index contributed by atoms with van der Waals surface area (Å²) in [5, 5.41) is 18.7. The third-order valence-electron chi connectivity index (χ3n) is 2.41. The third kappa shape index (κ3) is 3.68. The highest BCUT2D eigenvalue weighted by molar-refractivity contribution is 9.10. The first-order valence-electron chi connectivity index (χ1n) is 5.63. The van der Waals surface area contributed by atoms with Crippen molar-refractivity contribution in [3.05, 3.63) is 28.2 Å². The van der Waals surface area contributed by atoms with Crippen LogP contribution in [0.5, 0.6) is 0 Å². The molecule has 1 aromatic carbocycles. The third-order valence-corrected chi connectivity index (χ3v) is 5.22. The predicted octanol–water partition coefficient (Wildman–Crippen LogP) is 3.57. The monoisotopic (exact) mass is 359 g/mol. The molecular formula is C12H14BrN3OS2. The van der Waals surface area contributed by atoms with Gasteiger partial charge in [0.05, 0.1) is 6.10 Å². The molecule has 0 spiro atoms. The van der Waals surface area contributed by atoms with Crippen molar-refractivity contribution in [3.63, 3.8) is 0 Å². The molecule has 2 aromatic rings. The summed E-state index contributed by atoms with van der Waals surface area (Å²) in [5.74, 6) is 0. The van der Waals surface area contributed by atoms with Crippen LogP contribution in [0.1, 0.15) is 18.6 Å². The van der Waals surface area contributed by atoms with Gasteiger partial charge in [0.2, 0.25) is 5.13 Å². The Bertz CT molecular complexity index is 572. The Morgan fingerprint density at radius 2 is 2.11 bits per heavy atom. The van der Waals surface area contributed by atoms with Crippen LogP contribution in [0, 0.1) is 0 Å². The van der Waals surface area contributed by atoms with Gasteiger partial charge in [0.25, 0.3) is 0 Å². The van der Waals surface area contributed by atoms with E-state index in [4.69, 9.17) is 0 Å². The van der Waals surface area contributed by atoms with E-state index in [-0.39, 0.29) is 0 Å². The molecule has 1 heterocycles. The molecule has 0 saturated carbocycles. The fraction of sp³-hybridized carbons (Fsp3) is 0.333. The van der Waals surface area contributed by atoms with Crippen LogP contribution in [0.15, 0.2) is 31.9 Å². The summed E-state index contributed by atoms with van der Waals surface area (Å²) >= 11 is 6.60. The zero-order valence-electron chi connectivity index (χ0n) is 10.8. The van der Waals surface area contributed by atoms with Crippen molar-refractivity contribution >= 4 is 44.2 Å². The zero-order valence-corrected chi connectivity index (χ0v) is 14.0. The van der Waals surface area contributed by atoms with Gasteiger partial charge in [0.15, 0.2) is 4.34 Å². The van der Waals surface area contributed by atoms with Gasteiger partial charge >= 0.3 is 0 Å². The van der Waals surface area contributed by atoms with Crippen molar-refractivity contribution in [2.45, 2.75) is 22.3 Å². The Labute approximate surface area is 129 Å². The predicted molar refractivity (Wildman–Crippen MR) is 83.1 cm³/mol. The second-order valence-electron chi connectivity index (χ2n) is 4.21. The molecule has 1 aromatic heterocycles. The Hall–Kier alpha value is -0.630. The average molecular weight is 360 g/mol. The SMILES string of the molecule is CC(O)c1ccc(Sc2nnc(N(C)C)s2)cc1Br. The number of aromatic nitrogens is 2. The number of aliphatic hydroxyl groups is 1. The molecular weight excluding hydrogens is 346 g/mol. The molecule has 19 heavy (non-hydrogen) atoms. The maximum atomic E-state index is 9.59. The van der Waals surface area contributed by atoms with E-state index in [1.54, 1.807) is 30.0 Å². The van der Waals surface area contributed by atoms with E-state index in [0.29, 0.717) is 0 Å². The number of anilines is 1. The Morgan fingerprint density at radius 3 is 2.63 bits per heavy atom. The largest absolute Gasteiger partial charge is 0.389 e. The van der Waals surface area contributed by atoms with Gasteiger partial charge in [-0.05, 0) is 24.6 Å². The Kier molecular flexibility index (Phi) is 4.83. The lowest BCUT2D eigenvalue weighted by Gasteiger charge is -2.08. The number of hydrogen-bond donors (Lipinski definition) is 1. The van der Waals surface area contributed by atoms with Crippen LogP contribution in [0.25, 0.3) is 0 Å². The molecule has 1 unspecified atom stereocenters. The highest BCUT2D eigenvalue weighted by atomic mass is 79.9. The summed E-state index contributed by atoms with van der Waals surface area (Å²) in [5.41, 5.74) is 0.885. The quantitative estimate of drug-likeness (QED) is 0.903. The molecule has 4 nitrogen and oxygen atoms in total. The lowest BCUT2D eigenvalue weighted by Crippen LogP contribution is -2.07. The molecule has 102 valence electrons. The van der Waals surface area contributed by atoms with Crippen LogP contribution in [0.4, 0.5) is 5.13 Å². The van der Waals surface area contributed by atoms with Crippen LogP contribution in [-0.2, 0) is 0 Å². The van der Waals surface area contributed by atoms with Crippen molar-refractivity contribution in [1.29, 1.82) is 0 Å². The van der Waals surface area contributed by atoms with E-state index in [2.05, 4.69) is 26.1 Å². The maximum absolute atomic E-state index is 9.59. The van der Waals surface area contributed by atoms with Gasteiger partial charge in [-0.1, -0.05) is 45.1 Å². The van der Waals surface area contributed by atoms with Gasteiger partial charge in [-0.3, -0.25) is 0 Å². The van der Waals surface area contributed by atoms with Gasteiger partial charge in [0, 0.05) is 23.5 Å². The topological polar surface area (TPSA) is 49.3 Å². The van der Waals surface area contributed by atoms with Crippen molar-refractivity contribution in [2.24, 2.45) is 0 Å². The van der Waals surface area contributed by atoms with Crippen molar-refractivity contribution in [1.82, 2.24) is 10.2 Å². The lowest BCUT2D eigenvalue weighted by atomic mass is 10.1. The number of hydrogen-bond acceptors (Lipinski definition) is 6. The van der Waals surface area contributed by atoms with Crippen molar-refractivity contribution in [3.8, 4) is 0 Å².